The van der Waals surface area contributed by atoms with Crippen LogP contribution < -0.4 is 10.7 Å². The molecule has 2 atom stereocenters. The van der Waals surface area contributed by atoms with E-state index in [9.17, 15) is 4.79 Å². The molecule has 6 nitrogen and oxygen atoms in total. The Labute approximate surface area is 168 Å². The highest BCUT2D eigenvalue weighted by Crippen LogP contribution is 2.37. The van der Waals surface area contributed by atoms with Crippen molar-refractivity contribution in [2.24, 2.45) is 0 Å². The van der Waals surface area contributed by atoms with Crippen molar-refractivity contribution in [3.8, 4) is 0 Å². The van der Waals surface area contributed by atoms with Crippen molar-refractivity contribution in [1.82, 2.24) is 14.9 Å². The number of aryl methyl sites for hydroxylation is 3. The second kappa shape index (κ2) is 7.67. The van der Waals surface area contributed by atoms with Crippen LogP contribution in [0, 0.1) is 13.8 Å². The third-order valence-corrected chi connectivity index (χ3v) is 5.94. The third kappa shape index (κ3) is 3.62. The van der Waals surface area contributed by atoms with Gasteiger partial charge in [0.15, 0.2) is 5.82 Å². The van der Waals surface area contributed by atoms with E-state index in [-0.39, 0.29) is 17.2 Å². The largest absolute Gasteiger partial charge is 0.325 e. The maximum Gasteiger partial charge on any atom is 0.240 e. The molecule has 3 aromatic rings. The van der Waals surface area contributed by atoms with Gasteiger partial charge in [0.1, 0.15) is 5.25 Å². The molecule has 1 amide bonds. The molecule has 2 heterocycles. The molecule has 0 saturated heterocycles. The molecule has 1 aromatic heterocycles. The van der Waals surface area contributed by atoms with Crippen LogP contribution in [0.15, 0.2) is 53.7 Å². The zero-order valence-corrected chi connectivity index (χ0v) is 17.0. The molecule has 0 spiro atoms. The molecule has 28 heavy (non-hydrogen) atoms. The van der Waals surface area contributed by atoms with Gasteiger partial charge in [-0.3, -0.25) is 4.79 Å². The first kappa shape index (κ1) is 18.6. The average Bonchev–Trinajstić information content (AvgIpc) is 3.09. The van der Waals surface area contributed by atoms with Crippen LogP contribution in [0.3, 0.4) is 0 Å². The van der Waals surface area contributed by atoms with E-state index < -0.39 is 0 Å². The minimum absolute atomic E-state index is 0.0522. The molecule has 0 aliphatic carbocycles. The average molecular weight is 394 g/mol. The van der Waals surface area contributed by atoms with Crippen LogP contribution in [0.25, 0.3) is 0 Å². The zero-order valence-electron chi connectivity index (χ0n) is 16.1. The van der Waals surface area contributed by atoms with Crippen molar-refractivity contribution < 1.29 is 4.79 Å². The van der Waals surface area contributed by atoms with Gasteiger partial charge in [0, 0.05) is 12.1 Å². The Kier molecular flexibility index (Phi) is 5.09. The highest BCUT2D eigenvalue weighted by molar-refractivity contribution is 8.00. The summed E-state index contributed by atoms with van der Waals surface area (Å²) in [5.74, 6) is 0.806. The van der Waals surface area contributed by atoms with Crippen LogP contribution in [0.2, 0.25) is 0 Å². The number of fused-ring (bicyclic) bond motifs is 1. The van der Waals surface area contributed by atoms with Crippen LogP contribution in [0.1, 0.15) is 35.5 Å². The summed E-state index contributed by atoms with van der Waals surface area (Å²) in [5, 5.41) is 11.9. The highest BCUT2D eigenvalue weighted by atomic mass is 32.2. The Morgan fingerprint density at radius 2 is 1.86 bits per heavy atom. The van der Waals surface area contributed by atoms with Crippen molar-refractivity contribution in [2.45, 2.75) is 43.6 Å². The number of hydrogen-bond acceptors (Lipinski definition) is 5. The lowest BCUT2D eigenvalue weighted by atomic mass is 10.0. The molecule has 0 saturated carbocycles. The molecule has 2 aromatic carbocycles. The van der Waals surface area contributed by atoms with Crippen LogP contribution in [-0.2, 0) is 11.2 Å². The van der Waals surface area contributed by atoms with E-state index in [0.717, 1.165) is 34.6 Å². The lowest BCUT2D eigenvalue weighted by Gasteiger charge is -2.33. The Hall–Kier alpha value is -2.80. The number of anilines is 1. The van der Waals surface area contributed by atoms with Crippen molar-refractivity contribution in [3.05, 3.63) is 71.0 Å². The molecule has 0 fully saturated rings. The number of nitrogens with zero attached hydrogens (tertiary/aromatic N) is 3. The lowest BCUT2D eigenvalue weighted by Crippen LogP contribution is -2.41. The van der Waals surface area contributed by atoms with E-state index in [1.807, 2.05) is 67.9 Å². The topological polar surface area (TPSA) is 71.8 Å². The second-order valence-corrected chi connectivity index (χ2v) is 8.12. The minimum Gasteiger partial charge on any atom is -0.325 e. The number of nitrogens with one attached hydrogen (secondary N) is 2. The number of thioether (sulfide) groups is 1. The lowest BCUT2D eigenvalue weighted by molar-refractivity contribution is -0.116. The van der Waals surface area contributed by atoms with Gasteiger partial charge in [-0.05, 0) is 42.7 Å². The van der Waals surface area contributed by atoms with Crippen molar-refractivity contribution in [2.75, 3.05) is 10.7 Å². The summed E-state index contributed by atoms with van der Waals surface area (Å²) in [6.45, 7) is 6.10. The van der Waals surface area contributed by atoms with E-state index in [0.29, 0.717) is 5.16 Å². The van der Waals surface area contributed by atoms with Crippen molar-refractivity contribution in [3.63, 3.8) is 0 Å². The molecular formula is C21H23N5OS. The second-order valence-electron chi connectivity index (χ2n) is 7.01. The maximum absolute atomic E-state index is 13.2. The first-order chi connectivity index (χ1) is 13.5. The molecular weight excluding hydrogens is 370 g/mol. The van der Waals surface area contributed by atoms with Crippen LogP contribution in [0.5, 0.6) is 0 Å². The monoisotopic (exact) mass is 393 g/mol. The first-order valence-corrected chi connectivity index (χ1v) is 10.2. The predicted molar refractivity (Wildman–Crippen MR) is 112 cm³/mol. The van der Waals surface area contributed by atoms with E-state index in [2.05, 4.69) is 27.0 Å². The maximum atomic E-state index is 13.2. The van der Waals surface area contributed by atoms with Crippen molar-refractivity contribution >= 4 is 23.4 Å². The zero-order chi connectivity index (χ0) is 19.7. The van der Waals surface area contributed by atoms with Crippen LogP contribution >= 0.6 is 11.8 Å². The van der Waals surface area contributed by atoms with Gasteiger partial charge in [-0.1, -0.05) is 55.1 Å². The molecule has 0 radical (unpaired) electrons. The molecule has 0 bridgehead atoms. The molecule has 1 aliphatic heterocycles. The minimum atomic E-state index is -0.371. The fourth-order valence-corrected chi connectivity index (χ4v) is 4.60. The summed E-state index contributed by atoms with van der Waals surface area (Å²) in [7, 11) is 0. The summed E-state index contributed by atoms with van der Waals surface area (Å²) in [4.78, 5) is 13.2. The Morgan fingerprint density at radius 1 is 1.14 bits per heavy atom. The molecule has 2 N–H and O–H groups in total. The number of aromatic nitrogens is 3. The molecule has 4 rings (SSSR count). The van der Waals surface area contributed by atoms with Crippen LogP contribution in [0.4, 0.5) is 5.69 Å². The summed E-state index contributed by atoms with van der Waals surface area (Å²) < 4.78 is 1.91. The summed E-state index contributed by atoms with van der Waals surface area (Å²) >= 11 is 1.45. The van der Waals surface area contributed by atoms with Gasteiger partial charge in [-0.2, -0.15) is 0 Å². The standard InChI is InChI=1S/C21H23N5OS/c1-4-17-23-24-21-26(17)25-18(15-8-6-5-7-9-15)19(28-21)20(27)22-16-11-13(2)10-14(3)12-16/h5-12,18-19,25H,4H2,1-3H3,(H,22,27). The quantitative estimate of drug-likeness (QED) is 0.704. The molecule has 2 unspecified atom stereocenters. The summed E-state index contributed by atoms with van der Waals surface area (Å²) in [6.07, 6.45) is 0.765. The van der Waals surface area contributed by atoms with E-state index >= 15 is 0 Å². The molecule has 144 valence electrons. The van der Waals surface area contributed by atoms with Gasteiger partial charge in [0.25, 0.3) is 0 Å². The molecule has 7 heteroatoms. The third-order valence-electron chi connectivity index (χ3n) is 4.73. The van der Waals surface area contributed by atoms with Gasteiger partial charge in [0.2, 0.25) is 11.1 Å². The van der Waals surface area contributed by atoms with E-state index in [4.69, 9.17) is 0 Å². The number of benzene rings is 2. The van der Waals surface area contributed by atoms with E-state index in [1.54, 1.807) is 0 Å². The SMILES string of the molecule is CCc1nnc2n1NC(c1ccccc1)C(C(=O)Nc1cc(C)cc(C)c1)S2. The van der Waals surface area contributed by atoms with Crippen LogP contribution in [-0.4, -0.2) is 26.0 Å². The van der Waals surface area contributed by atoms with Gasteiger partial charge in [-0.15, -0.1) is 10.2 Å². The van der Waals surface area contributed by atoms with Crippen molar-refractivity contribution in [1.29, 1.82) is 0 Å². The predicted octanol–water partition coefficient (Wildman–Crippen LogP) is 3.86. The fraction of sp³-hybridized carbons (Fsp3) is 0.286. The first-order valence-electron chi connectivity index (χ1n) is 9.36. The Balaban J connectivity index is 1.67. The number of rotatable bonds is 4. The Morgan fingerprint density at radius 3 is 2.54 bits per heavy atom. The van der Waals surface area contributed by atoms with Gasteiger partial charge < -0.3 is 10.7 Å². The number of carbonyl (C=O) groups is 1. The Bertz CT molecular complexity index is 981. The smallest absolute Gasteiger partial charge is 0.240 e. The summed E-state index contributed by atoms with van der Waals surface area (Å²) in [6, 6.07) is 15.9. The van der Waals surface area contributed by atoms with Gasteiger partial charge >= 0.3 is 0 Å². The number of hydrogen-bond donors (Lipinski definition) is 2. The number of amides is 1. The highest BCUT2D eigenvalue weighted by Gasteiger charge is 2.37. The molecule has 1 aliphatic rings. The van der Waals surface area contributed by atoms with Gasteiger partial charge in [-0.25, -0.2) is 4.68 Å². The van der Waals surface area contributed by atoms with E-state index in [1.165, 1.54) is 11.8 Å². The van der Waals surface area contributed by atoms with Gasteiger partial charge in [0.05, 0.1) is 6.04 Å². The summed E-state index contributed by atoms with van der Waals surface area (Å²) in [5.41, 5.74) is 7.57. The number of carbonyl (C=O) groups excluding carboxylic acids is 1. The fourth-order valence-electron chi connectivity index (χ4n) is 3.50. The normalized spacial score (nSPS) is 18.2.